The minimum absolute atomic E-state index is 0.992. The Labute approximate surface area is 99.1 Å². The van der Waals surface area contributed by atoms with Crippen molar-refractivity contribution in [1.82, 2.24) is 0 Å². The fraction of sp³-hybridized carbons (Fsp3) is 0.385. The third kappa shape index (κ3) is 3.74. The molecule has 0 saturated heterocycles. The molecule has 16 heavy (non-hydrogen) atoms. The van der Waals surface area contributed by atoms with Crippen LogP contribution in [0.2, 0.25) is 19.6 Å². The molecule has 0 saturated carbocycles. The topological polar surface area (TPSA) is 24.7 Å². The normalized spacial score (nSPS) is 12.4. The van der Waals surface area contributed by atoms with Crippen LogP contribution in [0.4, 0.5) is 0 Å². The Morgan fingerprint density at radius 1 is 0.938 bits per heavy atom. The second-order valence-corrected chi connectivity index (χ2v) is 10.1. The lowest BCUT2D eigenvalue weighted by atomic mass is 10.2. The van der Waals surface area contributed by atoms with Gasteiger partial charge < -0.3 is 0 Å². The predicted molar refractivity (Wildman–Crippen MR) is 75.1 cm³/mol. The van der Waals surface area contributed by atoms with Crippen molar-refractivity contribution in [3.05, 3.63) is 35.9 Å². The van der Waals surface area contributed by atoms with Gasteiger partial charge in [0.25, 0.3) is 0 Å². The maximum Gasteiger partial charge on any atom is 0.104 e. The summed E-state index contributed by atoms with van der Waals surface area (Å²) in [7, 11) is -1.45. The van der Waals surface area contributed by atoms with Gasteiger partial charge in [0, 0.05) is 5.71 Å². The Morgan fingerprint density at radius 3 is 1.94 bits per heavy atom. The quantitative estimate of drug-likeness (QED) is 0.431. The molecular weight excluding hydrogens is 212 g/mol. The first-order chi connectivity index (χ1) is 7.41. The summed E-state index contributed by atoms with van der Waals surface area (Å²) in [6.07, 6.45) is 0. The van der Waals surface area contributed by atoms with E-state index in [1.54, 1.807) is 0 Å². The van der Waals surface area contributed by atoms with Gasteiger partial charge in [-0.25, -0.2) is 0 Å². The van der Waals surface area contributed by atoms with Crippen molar-refractivity contribution < 1.29 is 0 Å². The fourth-order valence-corrected chi connectivity index (χ4v) is 2.77. The Bertz CT molecular complexity index is 396. The van der Waals surface area contributed by atoms with Gasteiger partial charge in [0.05, 0.1) is 5.33 Å². The summed E-state index contributed by atoms with van der Waals surface area (Å²) in [4.78, 5) is 0. The van der Waals surface area contributed by atoms with E-state index < -0.39 is 8.07 Å². The van der Waals surface area contributed by atoms with Gasteiger partial charge in [-0.1, -0.05) is 50.0 Å². The van der Waals surface area contributed by atoms with E-state index in [1.165, 1.54) is 5.56 Å². The van der Waals surface area contributed by atoms with Gasteiger partial charge in [-0.3, -0.25) is 0 Å². The zero-order chi connectivity index (χ0) is 12.2. The average Bonchev–Trinajstić information content (AvgIpc) is 2.17. The highest BCUT2D eigenvalue weighted by molar-refractivity contribution is 7.06. The molecular formula is C13H20N2Si. The van der Waals surface area contributed by atoms with Gasteiger partial charge >= 0.3 is 0 Å². The van der Waals surface area contributed by atoms with Crippen LogP contribution >= 0.6 is 0 Å². The number of rotatable bonds is 3. The summed E-state index contributed by atoms with van der Waals surface area (Å²) in [6, 6.07) is 10.3. The molecule has 0 amide bonds. The van der Waals surface area contributed by atoms with E-state index in [4.69, 9.17) is 0 Å². The third-order valence-electron chi connectivity index (χ3n) is 2.11. The van der Waals surface area contributed by atoms with Crippen LogP contribution in [0, 0.1) is 0 Å². The monoisotopic (exact) mass is 232 g/mol. The van der Waals surface area contributed by atoms with E-state index in [0.717, 1.165) is 11.0 Å². The highest BCUT2D eigenvalue weighted by atomic mass is 28.3. The molecule has 0 fully saturated rings. The van der Waals surface area contributed by atoms with Gasteiger partial charge in [-0.15, -0.1) is 0 Å². The van der Waals surface area contributed by atoms with E-state index in [-0.39, 0.29) is 0 Å². The Hall–Kier alpha value is -1.22. The van der Waals surface area contributed by atoms with Gasteiger partial charge in [0.1, 0.15) is 8.07 Å². The second kappa shape index (κ2) is 5.21. The lowest BCUT2D eigenvalue weighted by molar-refractivity contribution is 1.22. The lowest BCUT2D eigenvalue weighted by Gasteiger charge is -2.18. The first-order valence-electron chi connectivity index (χ1n) is 5.56. The maximum absolute atomic E-state index is 4.43. The Kier molecular flexibility index (Phi) is 4.18. The molecule has 1 aromatic carbocycles. The molecule has 0 aromatic heterocycles. The molecule has 86 valence electrons. The van der Waals surface area contributed by atoms with Crippen LogP contribution in [0.3, 0.4) is 0 Å². The Morgan fingerprint density at radius 2 is 1.50 bits per heavy atom. The third-order valence-corrected chi connectivity index (χ3v) is 3.92. The molecule has 0 unspecified atom stereocenters. The second-order valence-electron chi connectivity index (χ2n) is 5.11. The lowest BCUT2D eigenvalue weighted by Crippen LogP contribution is -2.34. The average molecular weight is 232 g/mol. The zero-order valence-corrected chi connectivity index (χ0v) is 11.8. The van der Waals surface area contributed by atoms with Crippen molar-refractivity contribution in [2.45, 2.75) is 33.5 Å². The summed E-state index contributed by atoms with van der Waals surface area (Å²) in [6.45, 7) is 10.8. The van der Waals surface area contributed by atoms with Crippen LogP contribution in [-0.2, 0) is 0 Å². The number of benzene rings is 1. The predicted octanol–water partition coefficient (Wildman–Crippen LogP) is 3.75. The molecule has 1 rings (SSSR count). The first kappa shape index (κ1) is 12.8. The van der Waals surface area contributed by atoms with E-state index in [2.05, 4.69) is 42.0 Å². The first-order valence-corrected chi connectivity index (χ1v) is 9.06. The molecule has 0 aliphatic rings. The van der Waals surface area contributed by atoms with Crippen molar-refractivity contribution in [2.75, 3.05) is 0 Å². The van der Waals surface area contributed by atoms with Crippen molar-refractivity contribution in [3.63, 3.8) is 0 Å². The Balaban J connectivity index is 3.18. The standard InChI is InChI=1S/C13H20N2Si/c1-11(2)14-15-13(16(3,4)5)12-9-7-6-8-10-12/h6-10H,1-5H3/b15-13-. The summed E-state index contributed by atoms with van der Waals surface area (Å²) in [5.41, 5.74) is 2.19. The van der Waals surface area contributed by atoms with Crippen LogP contribution in [0.25, 0.3) is 0 Å². The molecule has 0 atom stereocenters. The van der Waals surface area contributed by atoms with E-state index in [0.29, 0.717) is 0 Å². The molecule has 3 heteroatoms. The van der Waals surface area contributed by atoms with Crippen molar-refractivity contribution >= 4 is 19.1 Å². The maximum atomic E-state index is 4.43. The number of hydrogen-bond donors (Lipinski definition) is 0. The largest absolute Gasteiger partial charge is 0.161 e. The molecule has 0 spiro atoms. The molecule has 1 aromatic rings. The van der Waals surface area contributed by atoms with Crippen LogP contribution < -0.4 is 0 Å². The van der Waals surface area contributed by atoms with E-state index >= 15 is 0 Å². The van der Waals surface area contributed by atoms with Crippen LogP contribution in [0.15, 0.2) is 40.5 Å². The molecule has 0 heterocycles. The molecule has 0 bridgehead atoms. The minimum Gasteiger partial charge on any atom is -0.161 e. The van der Waals surface area contributed by atoms with Crippen molar-refractivity contribution in [3.8, 4) is 0 Å². The summed E-state index contributed by atoms with van der Waals surface area (Å²) < 4.78 is 0. The van der Waals surface area contributed by atoms with E-state index in [9.17, 15) is 0 Å². The SMILES string of the molecule is CC(C)=N/N=C(/c1ccccc1)[Si](C)(C)C. The van der Waals surface area contributed by atoms with Gasteiger partial charge in [-0.05, 0) is 19.4 Å². The molecule has 2 nitrogen and oxygen atoms in total. The van der Waals surface area contributed by atoms with Gasteiger partial charge in [0.15, 0.2) is 0 Å². The highest BCUT2D eigenvalue weighted by Crippen LogP contribution is 2.13. The van der Waals surface area contributed by atoms with Gasteiger partial charge in [0.2, 0.25) is 0 Å². The zero-order valence-electron chi connectivity index (χ0n) is 10.8. The summed E-state index contributed by atoms with van der Waals surface area (Å²) in [5.74, 6) is 0. The molecule has 0 aliphatic carbocycles. The minimum atomic E-state index is -1.45. The number of hydrogen-bond acceptors (Lipinski definition) is 2. The van der Waals surface area contributed by atoms with Crippen LogP contribution in [0.1, 0.15) is 19.4 Å². The molecule has 0 N–H and O–H groups in total. The van der Waals surface area contributed by atoms with Crippen molar-refractivity contribution in [2.24, 2.45) is 10.2 Å². The highest BCUT2D eigenvalue weighted by Gasteiger charge is 2.23. The van der Waals surface area contributed by atoms with Gasteiger partial charge in [-0.2, -0.15) is 10.2 Å². The smallest absolute Gasteiger partial charge is 0.104 e. The summed E-state index contributed by atoms with van der Waals surface area (Å²) in [5, 5.41) is 9.80. The summed E-state index contributed by atoms with van der Waals surface area (Å²) >= 11 is 0. The molecule has 0 radical (unpaired) electrons. The molecule has 0 aliphatic heterocycles. The fourth-order valence-electron chi connectivity index (χ4n) is 1.39. The van der Waals surface area contributed by atoms with Crippen LogP contribution in [-0.4, -0.2) is 19.1 Å². The van der Waals surface area contributed by atoms with Crippen molar-refractivity contribution in [1.29, 1.82) is 0 Å². The van der Waals surface area contributed by atoms with Crippen LogP contribution in [0.5, 0.6) is 0 Å². The van der Waals surface area contributed by atoms with E-state index in [1.807, 2.05) is 32.0 Å². The number of nitrogens with zero attached hydrogens (tertiary/aromatic N) is 2.